The Morgan fingerprint density at radius 1 is 1.47 bits per heavy atom. The van der Waals surface area contributed by atoms with Crippen molar-refractivity contribution >= 4 is 11.7 Å². The first kappa shape index (κ1) is 13.1. The summed E-state index contributed by atoms with van der Waals surface area (Å²) in [6.45, 7) is 4.14. The van der Waals surface area contributed by atoms with Gasteiger partial charge in [0.05, 0.1) is 6.54 Å². The summed E-state index contributed by atoms with van der Waals surface area (Å²) in [5.41, 5.74) is 6.84. The van der Waals surface area contributed by atoms with Crippen LogP contribution in [0.2, 0.25) is 0 Å². The number of hydrogen-bond acceptors (Lipinski definition) is 2. The van der Waals surface area contributed by atoms with Crippen molar-refractivity contribution in [2.75, 3.05) is 11.9 Å². The third-order valence-corrected chi connectivity index (χ3v) is 1.87. The van der Waals surface area contributed by atoms with Gasteiger partial charge in [0.15, 0.2) is 0 Å². The number of benzene rings is 1. The second-order valence-corrected chi connectivity index (χ2v) is 3.84. The van der Waals surface area contributed by atoms with Gasteiger partial charge in [0.25, 0.3) is 0 Å². The van der Waals surface area contributed by atoms with Crippen molar-refractivity contribution in [3.05, 3.63) is 29.8 Å². The zero-order chi connectivity index (χ0) is 12.7. The van der Waals surface area contributed by atoms with Crippen molar-refractivity contribution in [1.29, 1.82) is 0 Å². The van der Waals surface area contributed by atoms with Crippen molar-refractivity contribution in [3.8, 4) is 11.8 Å². The first-order valence-electron chi connectivity index (χ1n) is 5.48. The summed E-state index contributed by atoms with van der Waals surface area (Å²) in [7, 11) is 0. The fourth-order valence-corrected chi connectivity index (χ4v) is 1.26. The molecule has 4 heteroatoms. The number of carbonyl (C=O) groups is 1. The molecule has 0 aliphatic carbocycles. The maximum Gasteiger partial charge on any atom is 0.319 e. The van der Waals surface area contributed by atoms with E-state index in [1.165, 1.54) is 0 Å². The van der Waals surface area contributed by atoms with Crippen LogP contribution in [0.3, 0.4) is 0 Å². The van der Waals surface area contributed by atoms with Crippen LogP contribution in [0.5, 0.6) is 0 Å². The highest BCUT2D eigenvalue weighted by Crippen LogP contribution is 2.09. The normalized spacial score (nSPS) is 9.41. The quantitative estimate of drug-likeness (QED) is 0.676. The second kappa shape index (κ2) is 6.56. The molecule has 0 aliphatic heterocycles. The first-order valence-corrected chi connectivity index (χ1v) is 5.48. The lowest BCUT2D eigenvalue weighted by atomic mass is 10.2. The standard InChI is InChI=1S/C13H17N3O/c1-10(2)15-13(17)16-12-7-3-5-11(9-12)6-4-8-14/h3,5,7,9-10H,8,14H2,1-2H3,(H2,15,16,17). The number of amides is 2. The Balaban J connectivity index is 2.68. The average Bonchev–Trinajstić information content (AvgIpc) is 2.25. The molecule has 1 rings (SSSR count). The van der Waals surface area contributed by atoms with Gasteiger partial charge in [-0.05, 0) is 32.0 Å². The predicted molar refractivity (Wildman–Crippen MR) is 69.7 cm³/mol. The minimum atomic E-state index is -0.219. The van der Waals surface area contributed by atoms with E-state index in [0.717, 1.165) is 5.56 Å². The van der Waals surface area contributed by atoms with Crippen LogP contribution < -0.4 is 16.4 Å². The fraction of sp³-hybridized carbons (Fsp3) is 0.308. The monoisotopic (exact) mass is 231 g/mol. The third kappa shape index (κ3) is 5.05. The predicted octanol–water partition coefficient (Wildman–Crippen LogP) is 1.53. The molecule has 0 unspecified atom stereocenters. The summed E-state index contributed by atoms with van der Waals surface area (Å²) < 4.78 is 0. The summed E-state index contributed by atoms with van der Waals surface area (Å²) in [6, 6.07) is 7.22. The molecule has 1 aromatic rings. The van der Waals surface area contributed by atoms with Gasteiger partial charge in [-0.3, -0.25) is 0 Å². The van der Waals surface area contributed by atoms with Gasteiger partial charge in [0, 0.05) is 17.3 Å². The molecule has 0 aliphatic rings. The number of anilines is 1. The van der Waals surface area contributed by atoms with Crippen LogP contribution in [0.1, 0.15) is 19.4 Å². The Morgan fingerprint density at radius 2 is 2.24 bits per heavy atom. The minimum absolute atomic E-state index is 0.107. The number of nitrogens with one attached hydrogen (secondary N) is 2. The molecule has 0 heterocycles. The topological polar surface area (TPSA) is 67.2 Å². The summed E-state index contributed by atoms with van der Waals surface area (Å²) in [4.78, 5) is 11.5. The van der Waals surface area contributed by atoms with Crippen LogP contribution in [0.15, 0.2) is 24.3 Å². The number of carbonyl (C=O) groups excluding carboxylic acids is 1. The molecule has 0 fully saturated rings. The molecule has 4 N–H and O–H groups in total. The van der Waals surface area contributed by atoms with Crippen molar-refractivity contribution in [1.82, 2.24) is 5.32 Å². The van der Waals surface area contributed by atoms with Crippen molar-refractivity contribution < 1.29 is 4.79 Å². The number of nitrogens with two attached hydrogens (primary N) is 1. The Bertz CT molecular complexity index is 443. The van der Waals surface area contributed by atoms with Gasteiger partial charge in [-0.2, -0.15) is 0 Å². The maximum absolute atomic E-state index is 11.5. The summed E-state index contributed by atoms with van der Waals surface area (Å²) in [6.07, 6.45) is 0. The zero-order valence-electron chi connectivity index (χ0n) is 10.1. The van der Waals surface area contributed by atoms with Crippen molar-refractivity contribution in [2.24, 2.45) is 5.73 Å². The first-order chi connectivity index (χ1) is 8.11. The highest BCUT2D eigenvalue weighted by Gasteiger charge is 2.02. The van der Waals surface area contributed by atoms with Gasteiger partial charge in [-0.1, -0.05) is 17.9 Å². The summed E-state index contributed by atoms with van der Waals surface area (Å²) in [5.74, 6) is 5.68. The van der Waals surface area contributed by atoms with Crippen LogP contribution >= 0.6 is 0 Å². The van der Waals surface area contributed by atoms with E-state index < -0.39 is 0 Å². The van der Waals surface area contributed by atoms with Crippen LogP contribution in [-0.2, 0) is 0 Å². The van der Waals surface area contributed by atoms with Gasteiger partial charge in [-0.25, -0.2) is 4.79 Å². The molecule has 0 saturated heterocycles. The van der Waals surface area contributed by atoms with E-state index in [1.807, 2.05) is 38.1 Å². The lowest BCUT2D eigenvalue weighted by Crippen LogP contribution is -2.34. The third-order valence-electron chi connectivity index (χ3n) is 1.87. The van der Waals surface area contributed by atoms with Crippen LogP contribution in [0.4, 0.5) is 10.5 Å². The number of hydrogen-bond donors (Lipinski definition) is 3. The Morgan fingerprint density at radius 3 is 2.88 bits per heavy atom. The van der Waals surface area contributed by atoms with E-state index in [-0.39, 0.29) is 12.1 Å². The van der Waals surface area contributed by atoms with E-state index >= 15 is 0 Å². The molecule has 0 radical (unpaired) electrons. The molecule has 0 atom stereocenters. The van der Waals surface area contributed by atoms with Crippen LogP contribution in [0.25, 0.3) is 0 Å². The molecule has 90 valence electrons. The van der Waals surface area contributed by atoms with Gasteiger partial charge in [0.2, 0.25) is 0 Å². The maximum atomic E-state index is 11.5. The molecule has 0 bridgehead atoms. The molecular weight excluding hydrogens is 214 g/mol. The molecule has 2 amide bonds. The smallest absolute Gasteiger partial charge is 0.319 e. The van der Waals surface area contributed by atoms with E-state index in [1.54, 1.807) is 0 Å². The van der Waals surface area contributed by atoms with Crippen molar-refractivity contribution in [2.45, 2.75) is 19.9 Å². The lowest BCUT2D eigenvalue weighted by molar-refractivity contribution is 0.250. The van der Waals surface area contributed by atoms with Gasteiger partial charge in [-0.15, -0.1) is 0 Å². The summed E-state index contributed by atoms with van der Waals surface area (Å²) in [5, 5.41) is 5.49. The SMILES string of the molecule is CC(C)NC(=O)Nc1cccc(C#CCN)c1. The molecule has 0 saturated carbocycles. The molecule has 17 heavy (non-hydrogen) atoms. The fourth-order valence-electron chi connectivity index (χ4n) is 1.26. The Kier molecular flexibility index (Phi) is 5.05. The highest BCUT2D eigenvalue weighted by molar-refractivity contribution is 5.89. The molecule has 0 spiro atoms. The number of urea groups is 1. The minimum Gasteiger partial charge on any atom is -0.336 e. The average molecular weight is 231 g/mol. The van der Waals surface area contributed by atoms with Crippen LogP contribution in [0, 0.1) is 11.8 Å². The van der Waals surface area contributed by atoms with E-state index in [9.17, 15) is 4.79 Å². The Labute approximate surface area is 102 Å². The van der Waals surface area contributed by atoms with E-state index in [4.69, 9.17) is 5.73 Å². The van der Waals surface area contributed by atoms with Gasteiger partial charge >= 0.3 is 6.03 Å². The molecule has 1 aromatic carbocycles. The Hall–Kier alpha value is -1.99. The zero-order valence-corrected chi connectivity index (χ0v) is 10.1. The number of rotatable bonds is 2. The van der Waals surface area contributed by atoms with E-state index in [2.05, 4.69) is 22.5 Å². The van der Waals surface area contributed by atoms with Gasteiger partial charge in [0.1, 0.15) is 0 Å². The molecule has 4 nitrogen and oxygen atoms in total. The van der Waals surface area contributed by atoms with Crippen LogP contribution in [-0.4, -0.2) is 18.6 Å². The molecule has 0 aromatic heterocycles. The van der Waals surface area contributed by atoms with Crippen molar-refractivity contribution in [3.63, 3.8) is 0 Å². The highest BCUT2D eigenvalue weighted by atomic mass is 16.2. The van der Waals surface area contributed by atoms with E-state index in [0.29, 0.717) is 12.2 Å². The van der Waals surface area contributed by atoms with Gasteiger partial charge < -0.3 is 16.4 Å². The molecular formula is C13H17N3O. The largest absolute Gasteiger partial charge is 0.336 e. The lowest BCUT2D eigenvalue weighted by Gasteiger charge is -2.10. The summed E-state index contributed by atoms with van der Waals surface area (Å²) >= 11 is 0. The second-order valence-electron chi connectivity index (χ2n) is 3.84.